The third kappa shape index (κ3) is 3.38. The van der Waals surface area contributed by atoms with Gasteiger partial charge in [-0.1, -0.05) is 55.8 Å². The molecule has 0 aromatic heterocycles. The van der Waals surface area contributed by atoms with Gasteiger partial charge in [0.05, 0.1) is 0 Å². The Bertz CT molecular complexity index is 226. The number of hydrogen-bond donors (Lipinski definition) is 0. The zero-order valence-electron chi connectivity index (χ0n) is 8.52. The molecule has 0 amide bonds. The van der Waals surface area contributed by atoms with Gasteiger partial charge >= 0.3 is 0 Å². The zero-order valence-corrected chi connectivity index (χ0v) is 8.52. The Labute approximate surface area is 75.9 Å². The minimum Gasteiger partial charge on any atom is -0.0985 e. The first-order valence-corrected chi connectivity index (χ1v) is 4.43. The van der Waals surface area contributed by atoms with Crippen molar-refractivity contribution in [1.82, 2.24) is 0 Å². The number of rotatable bonds is 1. The maximum Gasteiger partial charge on any atom is -0.0257 e. The average molecular weight is 162 g/mol. The first-order chi connectivity index (χ1) is 5.72. The Hall–Kier alpha value is -1.04. The van der Waals surface area contributed by atoms with E-state index < -0.39 is 0 Å². The first kappa shape index (κ1) is 11.0. The van der Waals surface area contributed by atoms with Crippen molar-refractivity contribution in [2.75, 3.05) is 0 Å². The van der Waals surface area contributed by atoms with E-state index in [1.54, 1.807) is 0 Å². The van der Waals surface area contributed by atoms with Crippen molar-refractivity contribution in [1.29, 1.82) is 0 Å². The van der Waals surface area contributed by atoms with Crippen LogP contribution in [0.4, 0.5) is 0 Å². The van der Waals surface area contributed by atoms with Crippen molar-refractivity contribution in [2.45, 2.75) is 27.7 Å². The molecule has 0 aliphatic carbocycles. The van der Waals surface area contributed by atoms with Crippen molar-refractivity contribution in [3.05, 3.63) is 41.5 Å². The highest BCUT2D eigenvalue weighted by atomic mass is 13.9. The van der Waals surface area contributed by atoms with Gasteiger partial charge < -0.3 is 0 Å². The molecule has 0 N–H and O–H groups in total. The summed E-state index contributed by atoms with van der Waals surface area (Å²) in [7, 11) is 0. The fraction of sp³-hybridized carbons (Fsp3) is 0.333. The summed E-state index contributed by atoms with van der Waals surface area (Å²) in [6.07, 6.45) is 1.88. The standard InChI is InChI=1S/C10H12.C2H6/c1-4-10-6-8(2)5-9(3)7-10;1-2/h4-7H,1H2,2-3H3;1-2H3. The monoisotopic (exact) mass is 162 g/mol. The van der Waals surface area contributed by atoms with Crippen molar-refractivity contribution < 1.29 is 0 Å². The second-order valence-electron chi connectivity index (χ2n) is 2.63. The summed E-state index contributed by atoms with van der Waals surface area (Å²) in [5.41, 5.74) is 3.81. The number of aryl methyl sites for hydroxylation is 2. The van der Waals surface area contributed by atoms with Crippen LogP contribution < -0.4 is 0 Å². The first-order valence-electron chi connectivity index (χ1n) is 4.43. The molecule has 1 rings (SSSR count). The zero-order chi connectivity index (χ0) is 9.56. The summed E-state index contributed by atoms with van der Waals surface area (Å²) in [4.78, 5) is 0. The summed E-state index contributed by atoms with van der Waals surface area (Å²) in [5, 5.41) is 0. The molecule has 0 bridgehead atoms. The lowest BCUT2D eigenvalue weighted by Crippen LogP contribution is -1.78. The predicted molar refractivity (Wildman–Crippen MR) is 57.4 cm³/mol. The van der Waals surface area contributed by atoms with Gasteiger partial charge in [-0.25, -0.2) is 0 Å². The highest BCUT2D eigenvalue weighted by Gasteiger charge is 1.89. The van der Waals surface area contributed by atoms with Crippen LogP contribution >= 0.6 is 0 Å². The van der Waals surface area contributed by atoms with Crippen LogP contribution in [0.1, 0.15) is 30.5 Å². The third-order valence-corrected chi connectivity index (χ3v) is 1.48. The molecule has 0 saturated carbocycles. The van der Waals surface area contributed by atoms with Crippen LogP contribution in [0.2, 0.25) is 0 Å². The molecular weight excluding hydrogens is 144 g/mol. The summed E-state index contributed by atoms with van der Waals surface area (Å²) in [6.45, 7) is 11.9. The van der Waals surface area contributed by atoms with Crippen LogP contribution in [0, 0.1) is 13.8 Å². The van der Waals surface area contributed by atoms with E-state index in [4.69, 9.17) is 0 Å². The van der Waals surface area contributed by atoms with Crippen LogP contribution in [0.3, 0.4) is 0 Å². The topological polar surface area (TPSA) is 0 Å². The highest BCUT2D eigenvalue weighted by molar-refractivity contribution is 5.49. The smallest absolute Gasteiger partial charge is 0.0257 e. The van der Waals surface area contributed by atoms with Crippen LogP contribution in [-0.2, 0) is 0 Å². The normalized spacial score (nSPS) is 8.33. The second-order valence-corrected chi connectivity index (χ2v) is 2.63. The van der Waals surface area contributed by atoms with Gasteiger partial charge in [-0.05, 0) is 19.4 Å². The van der Waals surface area contributed by atoms with E-state index in [0.717, 1.165) is 0 Å². The minimum absolute atomic E-state index is 1.21. The average Bonchev–Trinajstić information content (AvgIpc) is 2.06. The lowest BCUT2D eigenvalue weighted by Gasteiger charge is -1.97. The SMILES string of the molecule is C=Cc1cc(C)cc(C)c1.CC. The van der Waals surface area contributed by atoms with E-state index in [1.165, 1.54) is 16.7 Å². The molecule has 0 atom stereocenters. The van der Waals surface area contributed by atoms with Gasteiger partial charge in [-0.2, -0.15) is 0 Å². The number of hydrogen-bond acceptors (Lipinski definition) is 0. The molecule has 0 heterocycles. The Kier molecular flexibility index (Phi) is 5.11. The van der Waals surface area contributed by atoms with E-state index >= 15 is 0 Å². The van der Waals surface area contributed by atoms with Crippen molar-refractivity contribution in [3.63, 3.8) is 0 Å². The van der Waals surface area contributed by atoms with E-state index in [0.29, 0.717) is 0 Å². The molecule has 0 radical (unpaired) electrons. The molecule has 0 spiro atoms. The maximum absolute atomic E-state index is 3.71. The van der Waals surface area contributed by atoms with Gasteiger partial charge in [0, 0.05) is 0 Å². The second kappa shape index (κ2) is 5.59. The molecule has 0 nitrogen and oxygen atoms in total. The summed E-state index contributed by atoms with van der Waals surface area (Å²) in [6, 6.07) is 6.41. The predicted octanol–water partition coefficient (Wildman–Crippen LogP) is 3.97. The Morgan fingerprint density at radius 3 is 1.75 bits per heavy atom. The molecule has 66 valence electrons. The lowest BCUT2D eigenvalue weighted by molar-refractivity contribution is 1.37. The Morgan fingerprint density at radius 1 is 1.00 bits per heavy atom. The molecule has 0 unspecified atom stereocenters. The molecule has 1 aromatic rings. The van der Waals surface area contributed by atoms with Gasteiger partial charge in [0.2, 0.25) is 0 Å². The largest absolute Gasteiger partial charge is 0.0985 e. The van der Waals surface area contributed by atoms with Crippen molar-refractivity contribution >= 4 is 6.08 Å². The Balaban J connectivity index is 0.000000561. The summed E-state index contributed by atoms with van der Waals surface area (Å²) >= 11 is 0. The maximum atomic E-state index is 3.71. The molecule has 0 fully saturated rings. The van der Waals surface area contributed by atoms with Gasteiger partial charge in [-0.15, -0.1) is 0 Å². The minimum atomic E-state index is 1.21. The van der Waals surface area contributed by atoms with Gasteiger partial charge in [0.25, 0.3) is 0 Å². The van der Waals surface area contributed by atoms with Gasteiger partial charge in [0.1, 0.15) is 0 Å². The number of benzene rings is 1. The van der Waals surface area contributed by atoms with Crippen LogP contribution in [0.25, 0.3) is 6.08 Å². The Morgan fingerprint density at radius 2 is 1.42 bits per heavy atom. The van der Waals surface area contributed by atoms with E-state index in [1.807, 2.05) is 19.9 Å². The molecule has 12 heavy (non-hydrogen) atoms. The van der Waals surface area contributed by atoms with E-state index in [-0.39, 0.29) is 0 Å². The molecule has 0 saturated heterocycles. The summed E-state index contributed by atoms with van der Waals surface area (Å²) < 4.78 is 0. The van der Waals surface area contributed by atoms with Crippen LogP contribution in [0.15, 0.2) is 24.8 Å². The molecule has 0 aliphatic heterocycles. The molecule has 1 aromatic carbocycles. The fourth-order valence-electron chi connectivity index (χ4n) is 1.13. The van der Waals surface area contributed by atoms with Gasteiger partial charge in [0.15, 0.2) is 0 Å². The third-order valence-electron chi connectivity index (χ3n) is 1.48. The van der Waals surface area contributed by atoms with Crippen molar-refractivity contribution in [2.24, 2.45) is 0 Å². The highest BCUT2D eigenvalue weighted by Crippen LogP contribution is 2.08. The van der Waals surface area contributed by atoms with E-state index in [2.05, 4.69) is 38.6 Å². The van der Waals surface area contributed by atoms with Crippen molar-refractivity contribution in [3.8, 4) is 0 Å². The van der Waals surface area contributed by atoms with Gasteiger partial charge in [-0.3, -0.25) is 0 Å². The van der Waals surface area contributed by atoms with E-state index in [9.17, 15) is 0 Å². The molecule has 0 aliphatic rings. The quantitative estimate of drug-likeness (QED) is 0.586. The lowest BCUT2D eigenvalue weighted by atomic mass is 10.1. The summed E-state index contributed by atoms with van der Waals surface area (Å²) in [5.74, 6) is 0. The molecule has 0 heteroatoms. The fourth-order valence-corrected chi connectivity index (χ4v) is 1.13. The van der Waals surface area contributed by atoms with Crippen LogP contribution in [-0.4, -0.2) is 0 Å². The molecular formula is C12H18. The van der Waals surface area contributed by atoms with Crippen LogP contribution in [0.5, 0.6) is 0 Å².